The molecule has 1 aromatic carbocycles. The van der Waals surface area contributed by atoms with Gasteiger partial charge < -0.3 is 15.5 Å². The number of nitrogens with two attached hydrogens (primary N) is 1. The quantitative estimate of drug-likeness (QED) is 0.481. The van der Waals surface area contributed by atoms with E-state index in [1.54, 1.807) is 0 Å². The van der Waals surface area contributed by atoms with Gasteiger partial charge >= 0.3 is 0 Å². The maximum atomic E-state index is 5.98. The van der Waals surface area contributed by atoms with Crippen LogP contribution in [0.2, 0.25) is 0 Å². The van der Waals surface area contributed by atoms with Gasteiger partial charge in [-0.05, 0) is 54.5 Å². The fourth-order valence-corrected chi connectivity index (χ4v) is 5.31. The predicted molar refractivity (Wildman–Crippen MR) is 134 cm³/mol. The number of hydrogen-bond acceptors (Lipinski definition) is 7. The fourth-order valence-electron chi connectivity index (χ4n) is 5.31. The van der Waals surface area contributed by atoms with E-state index in [-0.39, 0.29) is 5.41 Å². The highest BCUT2D eigenvalue weighted by atomic mass is 15.3. The number of pyridine rings is 1. The second kappa shape index (κ2) is 8.36. The predicted octanol–water partition coefficient (Wildman–Crippen LogP) is 3.99. The Kier molecular flexibility index (Phi) is 5.17. The molecule has 1 atom stereocenters. The molecule has 0 amide bonds. The molecule has 174 valence electrons. The van der Waals surface area contributed by atoms with Crippen molar-refractivity contribution in [2.24, 2.45) is 11.1 Å². The molecular weight excluding hydrogens is 424 g/mol. The maximum Gasteiger partial charge on any atom is 0.183 e. The first-order valence-corrected chi connectivity index (χ1v) is 12.1. The Morgan fingerprint density at radius 3 is 2.74 bits per heavy atom. The summed E-state index contributed by atoms with van der Waals surface area (Å²) in [6, 6.07) is 12.7. The topological polar surface area (TPSA) is 99.9 Å². The number of nitrogens with zero attached hydrogens (tertiary/aromatic N) is 6. The molecular formula is C26H30N8. The first-order chi connectivity index (χ1) is 16.6. The van der Waals surface area contributed by atoms with E-state index in [2.05, 4.69) is 62.2 Å². The summed E-state index contributed by atoms with van der Waals surface area (Å²) < 4.78 is 0. The van der Waals surface area contributed by atoms with Crippen molar-refractivity contribution >= 4 is 28.5 Å². The van der Waals surface area contributed by atoms with E-state index in [0.29, 0.717) is 5.92 Å². The van der Waals surface area contributed by atoms with Crippen molar-refractivity contribution in [3.63, 3.8) is 0 Å². The third-order valence-corrected chi connectivity index (χ3v) is 7.61. The summed E-state index contributed by atoms with van der Waals surface area (Å²) in [5.41, 5.74) is 11.4. The summed E-state index contributed by atoms with van der Waals surface area (Å²) in [5, 5.41) is 7.81. The van der Waals surface area contributed by atoms with E-state index >= 15 is 0 Å². The summed E-state index contributed by atoms with van der Waals surface area (Å²) in [4.78, 5) is 18.6. The summed E-state index contributed by atoms with van der Waals surface area (Å²) in [7, 11) is 0. The molecule has 4 aromatic rings. The van der Waals surface area contributed by atoms with E-state index in [0.717, 1.165) is 68.2 Å². The van der Waals surface area contributed by atoms with Crippen molar-refractivity contribution in [3.05, 3.63) is 66.1 Å². The number of piperidine rings is 1. The molecule has 0 aliphatic carbocycles. The van der Waals surface area contributed by atoms with Gasteiger partial charge in [-0.25, -0.2) is 9.97 Å². The zero-order valence-corrected chi connectivity index (χ0v) is 19.5. The van der Waals surface area contributed by atoms with Crippen LogP contribution in [0.4, 0.5) is 17.3 Å². The van der Waals surface area contributed by atoms with Crippen molar-refractivity contribution in [1.29, 1.82) is 0 Å². The number of nitrogens with one attached hydrogen (secondary N) is 1. The van der Waals surface area contributed by atoms with Gasteiger partial charge in [-0.15, -0.1) is 0 Å². The number of benzene rings is 1. The molecule has 1 fully saturated rings. The zero-order chi connectivity index (χ0) is 23.1. The highest BCUT2D eigenvalue weighted by molar-refractivity contribution is 5.88. The lowest BCUT2D eigenvalue weighted by molar-refractivity contribution is 0.258. The monoisotopic (exact) mass is 454 g/mol. The SMILES string of the molecule is CC1(CN)CCN(c2cnc3c(N4CCC(c5cccnc5)c5ccccc54)n[nH]c3n2)CC1. The summed E-state index contributed by atoms with van der Waals surface area (Å²) in [6.45, 7) is 5.75. The van der Waals surface area contributed by atoms with Gasteiger partial charge in [0.1, 0.15) is 5.82 Å². The summed E-state index contributed by atoms with van der Waals surface area (Å²) >= 11 is 0. The van der Waals surface area contributed by atoms with Crippen LogP contribution in [-0.2, 0) is 0 Å². The number of aromatic amines is 1. The Balaban J connectivity index is 1.31. The number of H-pyrrole nitrogens is 1. The first kappa shape index (κ1) is 21.0. The lowest BCUT2D eigenvalue weighted by atomic mass is 9.80. The van der Waals surface area contributed by atoms with Gasteiger partial charge in [-0.2, -0.15) is 5.10 Å². The number of hydrogen-bond donors (Lipinski definition) is 2. The minimum atomic E-state index is 0.227. The second-order valence-corrected chi connectivity index (χ2v) is 9.81. The van der Waals surface area contributed by atoms with E-state index in [4.69, 9.17) is 15.7 Å². The Hall–Kier alpha value is -3.52. The van der Waals surface area contributed by atoms with Crippen LogP contribution in [0.15, 0.2) is 55.0 Å². The molecule has 0 bridgehead atoms. The average Bonchev–Trinajstić information content (AvgIpc) is 3.32. The highest BCUT2D eigenvalue weighted by Crippen LogP contribution is 2.43. The zero-order valence-electron chi connectivity index (χ0n) is 19.5. The Bertz CT molecular complexity index is 1290. The van der Waals surface area contributed by atoms with Gasteiger partial charge in [0, 0.05) is 43.6 Å². The minimum absolute atomic E-state index is 0.227. The van der Waals surface area contributed by atoms with Gasteiger partial charge in [-0.1, -0.05) is 31.2 Å². The molecule has 2 aliphatic heterocycles. The van der Waals surface area contributed by atoms with Crippen LogP contribution in [0.25, 0.3) is 11.2 Å². The van der Waals surface area contributed by atoms with Gasteiger partial charge in [0.25, 0.3) is 0 Å². The van der Waals surface area contributed by atoms with Crippen LogP contribution >= 0.6 is 0 Å². The molecule has 1 unspecified atom stereocenters. The third kappa shape index (κ3) is 3.58. The molecule has 3 aromatic heterocycles. The second-order valence-electron chi connectivity index (χ2n) is 9.81. The first-order valence-electron chi connectivity index (χ1n) is 12.1. The van der Waals surface area contributed by atoms with E-state index in [9.17, 15) is 0 Å². The number of rotatable bonds is 4. The number of anilines is 3. The van der Waals surface area contributed by atoms with Crippen LogP contribution in [0.3, 0.4) is 0 Å². The Morgan fingerprint density at radius 2 is 1.94 bits per heavy atom. The summed E-state index contributed by atoms with van der Waals surface area (Å²) in [5.74, 6) is 2.06. The molecule has 5 heterocycles. The van der Waals surface area contributed by atoms with E-state index in [1.165, 1.54) is 16.8 Å². The Morgan fingerprint density at radius 1 is 1.09 bits per heavy atom. The maximum absolute atomic E-state index is 5.98. The molecule has 0 saturated carbocycles. The van der Waals surface area contributed by atoms with Gasteiger partial charge in [0.15, 0.2) is 17.0 Å². The Labute approximate surface area is 199 Å². The number of para-hydroxylation sites is 1. The van der Waals surface area contributed by atoms with Crippen LogP contribution in [-0.4, -0.2) is 51.3 Å². The van der Waals surface area contributed by atoms with Crippen LogP contribution < -0.4 is 15.5 Å². The van der Waals surface area contributed by atoms with Crippen LogP contribution in [0, 0.1) is 5.41 Å². The largest absolute Gasteiger partial charge is 0.355 e. The molecule has 1 saturated heterocycles. The van der Waals surface area contributed by atoms with Gasteiger partial charge in [-0.3, -0.25) is 10.1 Å². The number of fused-ring (bicyclic) bond motifs is 2. The normalized spacial score (nSPS) is 19.9. The third-order valence-electron chi connectivity index (χ3n) is 7.61. The molecule has 34 heavy (non-hydrogen) atoms. The van der Waals surface area contributed by atoms with Crippen molar-refractivity contribution in [2.45, 2.75) is 32.1 Å². The summed E-state index contributed by atoms with van der Waals surface area (Å²) in [6.07, 6.45) is 8.82. The number of aromatic nitrogens is 5. The van der Waals surface area contributed by atoms with Gasteiger partial charge in [0.2, 0.25) is 0 Å². The lowest BCUT2D eigenvalue weighted by Crippen LogP contribution is -2.42. The van der Waals surface area contributed by atoms with Crippen molar-refractivity contribution in [3.8, 4) is 0 Å². The van der Waals surface area contributed by atoms with Crippen molar-refractivity contribution in [1.82, 2.24) is 25.1 Å². The van der Waals surface area contributed by atoms with Crippen molar-refractivity contribution < 1.29 is 0 Å². The van der Waals surface area contributed by atoms with Gasteiger partial charge in [0.05, 0.1) is 6.20 Å². The smallest absolute Gasteiger partial charge is 0.183 e. The molecule has 0 radical (unpaired) electrons. The molecule has 0 spiro atoms. The fraction of sp³-hybridized carbons (Fsp3) is 0.385. The molecule has 8 nitrogen and oxygen atoms in total. The van der Waals surface area contributed by atoms with E-state index in [1.807, 2.05) is 24.7 Å². The molecule has 3 N–H and O–H groups in total. The average molecular weight is 455 g/mol. The molecule has 2 aliphatic rings. The highest BCUT2D eigenvalue weighted by Gasteiger charge is 2.31. The molecule has 6 rings (SSSR count). The van der Waals surface area contributed by atoms with E-state index < -0.39 is 0 Å². The minimum Gasteiger partial charge on any atom is -0.355 e. The van der Waals surface area contributed by atoms with Crippen LogP contribution in [0.1, 0.15) is 43.2 Å². The molecule has 8 heteroatoms. The standard InChI is InChI=1S/C26H30N8/c1-26(17-27)9-13-33(14-10-26)22-16-29-23-24(30-22)31-32-25(23)34-12-8-19(18-5-4-11-28-15-18)20-6-2-3-7-21(20)34/h2-7,11,15-16,19H,8-10,12-14,17,27H2,1H3,(H,30,31,32). The van der Waals surface area contributed by atoms with Crippen LogP contribution in [0.5, 0.6) is 0 Å². The van der Waals surface area contributed by atoms with Crippen molar-refractivity contribution in [2.75, 3.05) is 36.0 Å². The lowest BCUT2D eigenvalue weighted by Gasteiger charge is -2.39.